The quantitative estimate of drug-likeness (QED) is 0.911. The molecule has 0 aliphatic rings. The standard InChI is InChI=1S/C15H18N2OS/c1-11-7-8-19-14(11)10-17(2)9-12-3-5-13(6-4-12)15(16)18/h3-8H,9-10H2,1-2H3,(H2,16,18). The number of amides is 1. The zero-order chi connectivity index (χ0) is 13.8. The number of hydrogen-bond acceptors (Lipinski definition) is 3. The van der Waals surface area contributed by atoms with E-state index < -0.39 is 0 Å². The van der Waals surface area contributed by atoms with Crippen LogP contribution in [-0.2, 0) is 13.1 Å². The van der Waals surface area contributed by atoms with E-state index >= 15 is 0 Å². The Kier molecular flexibility index (Phi) is 4.35. The van der Waals surface area contributed by atoms with Crippen LogP contribution in [0.25, 0.3) is 0 Å². The minimum Gasteiger partial charge on any atom is -0.366 e. The molecule has 1 heterocycles. The summed E-state index contributed by atoms with van der Waals surface area (Å²) in [6.45, 7) is 3.94. The molecule has 0 saturated carbocycles. The van der Waals surface area contributed by atoms with E-state index in [-0.39, 0.29) is 5.91 Å². The monoisotopic (exact) mass is 274 g/mol. The molecule has 2 aromatic rings. The van der Waals surface area contributed by atoms with Gasteiger partial charge in [0.15, 0.2) is 0 Å². The van der Waals surface area contributed by atoms with Crippen LogP contribution in [0, 0.1) is 6.92 Å². The van der Waals surface area contributed by atoms with Crippen molar-refractivity contribution in [2.75, 3.05) is 7.05 Å². The zero-order valence-corrected chi connectivity index (χ0v) is 12.0. The molecule has 1 aromatic carbocycles. The number of rotatable bonds is 5. The summed E-state index contributed by atoms with van der Waals surface area (Å²) in [5.74, 6) is -0.380. The predicted octanol–water partition coefficient (Wildman–Crippen LogP) is 2.79. The highest BCUT2D eigenvalue weighted by Gasteiger charge is 2.06. The lowest BCUT2D eigenvalue weighted by molar-refractivity contribution is 0.100. The van der Waals surface area contributed by atoms with Crippen molar-refractivity contribution < 1.29 is 4.79 Å². The molecule has 0 aliphatic carbocycles. The van der Waals surface area contributed by atoms with Gasteiger partial charge in [0, 0.05) is 23.5 Å². The third kappa shape index (κ3) is 3.66. The Hall–Kier alpha value is -1.65. The highest BCUT2D eigenvalue weighted by molar-refractivity contribution is 7.10. The second-order valence-electron chi connectivity index (χ2n) is 4.76. The molecule has 2 rings (SSSR count). The van der Waals surface area contributed by atoms with Crippen LogP contribution in [0.4, 0.5) is 0 Å². The van der Waals surface area contributed by atoms with Gasteiger partial charge in [-0.25, -0.2) is 0 Å². The first-order valence-corrected chi connectivity index (χ1v) is 7.04. The number of thiophene rings is 1. The van der Waals surface area contributed by atoms with Crippen LogP contribution in [0.2, 0.25) is 0 Å². The van der Waals surface area contributed by atoms with Crippen LogP contribution in [0.15, 0.2) is 35.7 Å². The Bertz CT molecular complexity index is 560. The molecule has 1 amide bonds. The van der Waals surface area contributed by atoms with Crippen molar-refractivity contribution in [3.63, 3.8) is 0 Å². The smallest absolute Gasteiger partial charge is 0.248 e. The average molecular weight is 274 g/mol. The first kappa shape index (κ1) is 13.8. The van der Waals surface area contributed by atoms with E-state index in [2.05, 4.69) is 30.3 Å². The number of nitrogens with two attached hydrogens (primary N) is 1. The summed E-state index contributed by atoms with van der Waals surface area (Å²) < 4.78 is 0. The minimum atomic E-state index is -0.380. The Morgan fingerprint density at radius 1 is 1.21 bits per heavy atom. The van der Waals surface area contributed by atoms with Gasteiger partial charge in [0.2, 0.25) is 5.91 Å². The lowest BCUT2D eigenvalue weighted by Crippen LogP contribution is -2.17. The molecule has 100 valence electrons. The number of carbonyl (C=O) groups excluding carboxylic acids is 1. The summed E-state index contributed by atoms with van der Waals surface area (Å²) in [4.78, 5) is 14.7. The van der Waals surface area contributed by atoms with Gasteiger partial charge in [0.25, 0.3) is 0 Å². The van der Waals surface area contributed by atoms with Crippen molar-refractivity contribution in [1.29, 1.82) is 0 Å². The van der Waals surface area contributed by atoms with Crippen molar-refractivity contribution in [2.45, 2.75) is 20.0 Å². The van der Waals surface area contributed by atoms with E-state index in [9.17, 15) is 4.79 Å². The Morgan fingerprint density at radius 3 is 2.42 bits per heavy atom. The summed E-state index contributed by atoms with van der Waals surface area (Å²) in [5, 5.41) is 2.13. The van der Waals surface area contributed by atoms with E-state index in [0.29, 0.717) is 5.56 Å². The highest BCUT2D eigenvalue weighted by atomic mass is 32.1. The van der Waals surface area contributed by atoms with Crippen molar-refractivity contribution in [2.24, 2.45) is 5.73 Å². The molecule has 4 heteroatoms. The number of nitrogens with zero attached hydrogens (tertiary/aromatic N) is 1. The van der Waals surface area contributed by atoms with Crippen molar-refractivity contribution >= 4 is 17.2 Å². The zero-order valence-electron chi connectivity index (χ0n) is 11.2. The van der Waals surface area contributed by atoms with Gasteiger partial charge < -0.3 is 5.73 Å². The molecular formula is C15H18N2OS. The molecule has 3 nitrogen and oxygen atoms in total. The molecule has 0 spiro atoms. The van der Waals surface area contributed by atoms with Gasteiger partial charge in [0.05, 0.1) is 0 Å². The normalized spacial score (nSPS) is 10.9. The third-order valence-corrected chi connectivity index (χ3v) is 4.08. The topological polar surface area (TPSA) is 46.3 Å². The maximum absolute atomic E-state index is 11.0. The summed E-state index contributed by atoms with van der Waals surface area (Å²) in [6, 6.07) is 9.62. The minimum absolute atomic E-state index is 0.380. The van der Waals surface area contributed by atoms with Crippen LogP contribution in [0.3, 0.4) is 0 Å². The third-order valence-electron chi connectivity index (χ3n) is 3.07. The Morgan fingerprint density at radius 2 is 1.89 bits per heavy atom. The summed E-state index contributed by atoms with van der Waals surface area (Å²) in [6.07, 6.45) is 0. The van der Waals surface area contributed by atoms with Gasteiger partial charge in [-0.05, 0) is 48.7 Å². The van der Waals surface area contributed by atoms with Gasteiger partial charge in [-0.1, -0.05) is 12.1 Å². The average Bonchev–Trinajstić information content (AvgIpc) is 2.75. The number of primary amides is 1. The second kappa shape index (κ2) is 5.99. The molecule has 0 radical (unpaired) electrons. The summed E-state index contributed by atoms with van der Waals surface area (Å²) in [5.41, 5.74) is 8.31. The Balaban J connectivity index is 1.97. The van der Waals surface area contributed by atoms with Gasteiger partial charge in [-0.2, -0.15) is 0 Å². The molecule has 19 heavy (non-hydrogen) atoms. The molecule has 0 bridgehead atoms. The van der Waals surface area contributed by atoms with Crippen molar-refractivity contribution in [3.05, 3.63) is 57.3 Å². The lowest BCUT2D eigenvalue weighted by atomic mass is 10.1. The Labute approximate surface area is 117 Å². The van der Waals surface area contributed by atoms with Crippen molar-refractivity contribution in [3.8, 4) is 0 Å². The van der Waals surface area contributed by atoms with Crippen LogP contribution < -0.4 is 5.73 Å². The fourth-order valence-electron chi connectivity index (χ4n) is 1.95. The van der Waals surface area contributed by atoms with E-state index in [1.54, 1.807) is 23.5 Å². The predicted molar refractivity (Wildman–Crippen MR) is 79.2 cm³/mol. The number of aryl methyl sites for hydroxylation is 1. The van der Waals surface area contributed by atoms with Crippen LogP contribution in [0.1, 0.15) is 26.4 Å². The fraction of sp³-hybridized carbons (Fsp3) is 0.267. The molecule has 2 N–H and O–H groups in total. The number of carbonyl (C=O) groups is 1. The van der Waals surface area contributed by atoms with Crippen LogP contribution in [0.5, 0.6) is 0 Å². The molecular weight excluding hydrogens is 256 g/mol. The molecule has 0 fully saturated rings. The second-order valence-corrected chi connectivity index (χ2v) is 5.76. The van der Waals surface area contributed by atoms with Crippen LogP contribution in [-0.4, -0.2) is 17.9 Å². The first-order valence-electron chi connectivity index (χ1n) is 6.16. The molecule has 0 aliphatic heterocycles. The highest BCUT2D eigenvalue weighted by Crippen LogP contribution is 2.18. The van der Waals surface area contributed by atoms with Crippen LogP contribution >= 0.6 is 11.3 Å². The largest absolute Gasteiger partial charge is 0.366 e. The number of benzene rings is 1. The van der Waals surface area contributed by atoms with Crippen molar-refractivity contribution in [1.82, 2.24) is 4.90 Å². The maximum Gasteiger partial charge on any atom is 0.248 e. The fourth-order valence-corrected chi connectivity index (χ4v) is 2.94. The van der Waals surface area contributed by atoms with E-state index in [0.717, 1.165) is 13.1 Å². The SMILES string of the molecule is Cc1ccsc1CN(C)Cc1ccc(C(N)=O)cc1. The van der Waals surface area contributed by atoms with E-state index in [4.69, 9.17) is 5.73 Å². The first-order chi connectivity index (χ1) is 9.06. The van der Waals surface area contributed by atoms with Gasteiger partial charge in [0.1, 0.15) is 0 Å². The molecule has 0 saturated heterocycles. The molecule has 1 aromatic heterocycles. The molecule has 0 atom stereocenters. The van der Waals surface area contributed by atoms with Gasteiger partial charge in [-0.15, -0.1) is 11.3 Å². The van der Waals surface area contributed by atoms with E-state index in [1.807, 2.05) is 12.1 Å². The molecule has 0 unspecified atom stereocenters. The summed E-state index contributed by atoms with van der Waals surface area (Å²) >= 11 is 1.79. The van der Waals surface area contributed by atoms with Gasteiger partial charge in [-0.3, -0.25) is 9.69 Å². The lowest BCUT2D eigenvalue weighted by Gasteiger charge is -2.16. The number of hydrogen-bond donors (Lipinski definition) is 1. The van der Waals surface area contributed by atoms with E-state index in [1.165, 1.54) is 16.0 Å². The summed E-state index contributed by atoms with van der Waals surface area (Å²) in [7, 11) is 2.10. The maximum atomic E-state index is 11.0. The van der Waals surface area contributed by atoms with Gasteiger partial charge >= 0.3 is 0 Å².